The van der Waals surface area contributed by atoms with E-state index in [1.54, 1.807) is 0 Å². The van der Waals surface area contributed by atoms with Crippen molar-refractivity contribution in [2.45, 2.75) is 40.3 Å². The van der Waals surface area contributed by atoms with Crippen LogP contribution in [-0.2, 0) is 19.5 Å². The van der Waals surface area contributed by atoms with Crippen LogP contribution in [0.1, 0.15) is 43.7 Å². The van der Waals surface area contributed by atoms with Crippen molar-refractivity contribution in [3.63, 3.8) is 0 Å². The van der Waals surface area contributed by atoms with Gasteiger partial charge in [-0.3, -0.25) is 4.79 Å². The Labute approximate surface area is 219 Å². The first-order chi connectivity index (χ1) is 17.4. The zero-order valence-electron chi connectivity index (χ0n) is 21.2. The second-order valence-corrected chi connectivity index (χ2v) is 9.83. The van der Waals surface area contributed by atoms with E-state index in [9.17, 15) is 4.79 Å². The largest absolute Gasteiger partial charge is 0.352 e. The summed E-state index contributed by atoms with van der Waals surface area (Å²) in [7, 11) is 0. The van der Waals surface area contributed by atoms with Crippen LogP contribution in [0.3, 0.4) is 0 Å². The number of carbonyl (C=O) groups excluding carboxylic acids is 1. The van der Waals surface area contributed by atoms with Gasteiger partial charge in [0.2, 0.25) is 0 Å². The molecule has 0 unspecified atom stereocenters. The van der Waals surface area contributed by atoms with E-state index in [4.69, 9.17) is 11.6 Å². The number of rotatable bonds is 9. The minimum absolute atomic E-state index is 0.0395. The third-order valence-corrected chi connectivity index (χ3v) is 6.74. The SMILES string of the molecule is Cc1cc(C)c(CCNC(=O)c2cccc(-c3ccc(CNCc4ccc(Cl)cc4)cc3)c2)c(C)c1. The van der Waals surface area contributed by atoms with E-state index < -0.39 is 0 Å². The van der Waals surface area contributed by atoms with Gasteiger partial charge in [0.05, 0.1) is 0 Å². The van der Waals surface area contributed by atoms with Crippen molar-refractivity contribution in [2.75, 3.05) is 6.54 Å². The Morgan fingerprint density at radius 1 is 0.750 bits per heavy atom. The lowest BCUT2D eigenvalue weighted by Crippen LogP contribution is -2.26. The summed E-state index contributed by atoms with van der Waals surface area (Å²) in [6.45, 7) is 8.59. The number of carbonyl (C=O) groups is 1. The molecule has 0 atom stereocenters. The van der Waals surface area contributed by atoms with Crippen LogP contribution in [0.15, 0.2) is 84.9 Å². The average molecular weight is 497 g/mol. The van der Waals surface area contributed by atoms with Crippen molar-refractivity contribution in [3.05, 3.63) is 129 Å². The van der Waals surface area contributed by atoms with E-state index in [1.807, 2.05) is 48.5 Å². The van der Waals surface area contributed by atoms with Crippen molar-refractivity contribution in [1.29, 1.82) is 0 Å². The highest BCUT2D eigenvalue weighted by Gasteiger charge is 2.09. The highest BCUT2D eigenvalue weighted by molar-refractivity contribution is 6.30. The fraction of sp³-hybridized carbons (Fsp3) is 0.219. The molecule has 0 bridgehead atoms. The fourth-order valence-electron chi connectivity index (χ4n) is 4.62. The van der Waals surface area contributed by atoms with Gasteiger partial charge in [0.1, 0.15) is 0 Å². The van der Waals surface area contributed by atoms with Crippen molar-refractivity contribution < 1.29 is 4.79 Å². The molecule has 0 spiro atoms. The van der Waals surface area contributed by atoms with Gasteiger partial charge in [-0.25, -0.2) is 0 Å². The van der Waals surface area contributed by atoms with Gasteiger partial charge >= 0.3 is 0 Å². The minimum atomic E-state index is -0.0395. The number of nitrogens with one attached hydrogen (secondary N) is 2. The highest BCUT2D eigenvalue weighted by atomic mass is 35.5. The van der Waals surface area contributed by atoms with Gasteiger partial charge in [-0.15, -0.1) is 0 Å². The predicted molar refractivity (Wildman–Crippen MR) is 151 cm³/mol. The molecule has 0 saturated heterocycles. The number of hydrogen-bond donors (Lipinski definition) is 2. The van der Waals surface area contributed by atoms with Gasteiger partial charge in [-0.05, 0) is 90.4 Å². The first kappa shape index (κ1) is 25.7. The molecule has 0 fully saturated rings. The maximum Gasteiger partial charge on any atom is 0.251 e. The summed E-state index contributed by atoms with van der Waals surface area (Å²) in [5.41, 5.74) is 10.4. The Bertz CT molecular complexity index is 1300. The average Bonchev–Trinajstić information content (AvgIpc) is 2.87. The first-order valence-corrected chi connectivity index (χ1v) is 12.8. The van der Waals surface area contributed by atoms with Crippen LogP contribution in [0.25, 0.3) is 11.1 Å². The van der Waals surface area contributed by atoms with Crippen LogP contribution >= 0.6 is 11.6 Å². The fourth-order valence-corrected chi connectivity index (χ4v) is 4.74. The zero-order valence-corrected chi connectivity index (χ0v) is 22.0. The molecule has 0 saturated carbocycles. The Morgan fingerprint density at radius 2 is 1.36 bits per heavy atom. The molecule has 3 nitrogen and oxygen atoms in total. The van der Waals surface area contributed by atoms with Gasteiger partial charge in [0.25, 0.3) is 5.91 Å². The van der Waals surface area contributed by atoms with Gasteiger partial charge in [-0.2, -0.15) is 0 Å². The molecule has 0 aromatic heterocycles. The molecule has 0 aliphatic heterocycles. The Balaban J connectivity index is 1.32. The van der Waals surface area contributed by atoms with Crippen molar-refractivity contribution in [3.8, 4) is 11.1 Å². The molecule has 4 rings (SSSR count). The van der Waals surface area contributed by atoms with Crippen molar-refractivity contribution in [1.82, 2.24) is 10.6 Å². The molecule has 4 aromatic carbocycles. The first-order valence-electron chi connectivity index (χ1n) is 12.4. The molecule has 4 aromatic rings. The van der Waals surface area contributed by atoms with Crippen LogP contribution < -0.4 is 10.6 Å². The number of benzene rings is 4. The highest BCUT2D eigenvalue weighted by Crippen LogP contribution is 2.22. The molecule has 1 amide bonds. The number of halogens is 1. The third-order valence-electron chi connectivity index (χ3n) is 6.48. The standard InChI is InChI=1S/C32H33ClN2O/c1-22-17-23(2)31(24(3)18-22)15-16-35-32(36)29-6-4-5-28(19-29)27-11-7-25(8-12-27)20-34-21-26-9-13-30(33)14-10-26/h4-14,17-19,34H,15-16,20-21H2,1-3H3,(H,35,36). The van der Waals surface area contributed by atoms with Crippen LogP contribution in [0.5, 0.6) is 0 Å². The van der Waals surface area contributed by atoms with E-state index >= 15 is 0 Å². The molecule has 36 heavy (non-hydrogen) atoms. The van der Waals surface area contributed by atoms with Gasteiger partial charge in [0, 0.05) is 30.2 Å². The van der Waals surface area contributed by atoms with Gasteiger partial charge in [0.15, 0.2) is 0 Å². The van der Waals surface area contributed by atoms with E-state index in [2.05, 4.69) is 67.8 Å². The molecular weight excluding hydrogens is 464 g/mol. The lowest BCUT2D eigenvalue weighted by atomic mass is 9.97. The summed E-state index contributed by atoms with van der Waals surface area (Å²) >= 11 is 5.95. The Hall–Kier alpha value is -3.40. The lowest BCUT2D eigenvalue weighted by Gasteiger charge is -2.12. The van der Waals surface area contributed by atoms with E-state index in [0.717, 1.165) is 35.7 Å². The Kier molecular flexibility index (Phi) is 8.58. The van der Waals surface area contributed by atoms with Crippen molar-refractivity contribution >= 4 is 17.5 Å². The van der Waals surface area contributed by atoms with E-state index in [-0.39, 0.29) is 5.91 Å². The molecule has 4 heteroatoms. The van der Waals surface area contributed by atoms with Crippen LogP contribution in [0.4, 0.5) is 0 Å². The molecule has 0 aliphatic rings. The van der Waals surface area contributed by atoms with Crippen LogP contribution in [0.2, 0.25) is 5.02 Å². The summed E-state index contributed by atoms with van der Waals surface area (Å²) in [6.07, 6.45) is 0.830. The minimum Gasteiger partial charge on any atom is -0.352 e. The van der Waals surface area contributed by atoms with Gasteiger partial charge < -0.3 is 10.6 Å². The van der Waals surface area contributed by atoms with E-state index in [0.29, 0.717) is 12.1 Å². The number of amides is 1. The molecule has 0 heterocycles. The maximum absolute atomic E-state index is 12.8. The molecule has 0 radical (unpaired) electrons. The second-order valence-electron chi connectivity index (χ2n) is 9.39. The lowest BCUT2D eigenvalue weighted by molar-refractivity contribution is 0.0954. The summed E-state index contributed by atoms with van der Waals surface area (Å²) in [4.78, 5) is 12.8. The number of hydrogen-bond acceptors (Lipinski definition) is 2. The smallest absolute Gasteiger partial charge is 0.251 e. The van der Waals surface area contributed by atoms with Gasteiger partial charge in [-0.1, -0.05) is 77.8 Å². The summed E-state index contributed by atoms with van der Waals surface area (Å²) < 4.78 is 0. The van der Waals surface area contributed by atoms with E-state index in [1.165, 1.54) is 33.4 Å². The monoisotopic (exact) mass is 496 g/mol. The molecule has 0 aliphatic carbocycles. The molecule has 2 N–H and O–H groups in total. The summed E-state index contributed by atoms with van der Waals surface area (Å²) in [5.74, 6) is -0.0395. The van der Waals surface area contributed by atoms with Crippen LogP contribution in [0, 0.1) is 20.8 Å². The van der Waals surface area contributed by atoms with Crippen LogP contribution in [-0.4, -0.2) is 12.5 Å². The normalized spacial score (nSPS) is 10.9. The summed E-state index contributed by atoms with van der Waals surface area (Å²) in [6, 6.07) is 28.6. The second kappa shape index (κ2) is 12.0. The maximum atomic E-state index is 12.8. The molecular formula is C32H33ClN2O. The third kappa shape index (κ3) is 6.84. The topological polar surface area (TPSA) is 41.1 Å². The number of aryl methyl sites for hydroxylation is 3. The predicted octanol–water partition coefficient (Wildman–Crippen LogP) is 7.19. The zero-order chi connectivity index (χ0) is 25.5. The molecule has 184 valence electrons. The quantitative estimate of drug-likeness (QED) is 0.257. The Morgan fingerprint density at radius 3 is 2.00 bits per heavy atom. The summed E-state index contributed by atoms with van der Waals surface area (Å²) in [5, 5.41) is 7.31. The van der Waals surface area contributed by atoms with Crippen molar-refractivity contribution in [2.24, 2.45) is 0 Å².